The highest BCUT2D eigenvalue weighted by molar-refractivity contribution is 5.87. The molecule has 2 nitrogen and oxygen atoms in total. The lowest BCUT2D eigenvalue weighted by Crippen LogP contribution is -2.60. The molecule has 0 amide bonds. The number of hydrogen-bond acceptors (Lipinski definition) is 2. The Bertz CT molecular complexity index is 538. The summed E-state index contributed by atoms with van der Waals surface area (Å²) >= 11 is 0. The number of ketones is 1. The molecule has 4 rings (SSSR count). The summed E-state index contributed by atoms with van der Waals surface area (Å²) in [5.41, 5.74) is 0.536. The Balaban J connectivity index is 1.82. The monoisotopic (exact) mass is 284 g/mol. The van der Waals surface area contributed by atoms with Crippen molar-refractivity contribution < 1.29 is 9.90 Å². The molecule has 3 aliphatic rings. The van der Waals surface area contributed by atoms with Gasteiger partial charge in [-0.2, -0.15) is 0 Å². The molecule has 0 radical (unpaired) electrons. The molecule has 0 aromatic heterocycles. The second-order valence-electron chi connectivity index (χ2n) is 7.27. The molecule has 3 aliphatic carbocycles. The van der Waals surface area contributed by atoms with Gasteiger partial charge in [0.05, 0.1) is 5.60 Å². The van der Waals surface area contributed by atoms with E-state index in [1.165, 1.54) is 12.0 Å². The van der Waals surface area contributed by atoms with Gasteiger partial charge in [-0.1, -0.05) is 49.6 Å². The molecule has 3 fully saturated rings. The molecular weight excluding hydrogens is 260 g/mol. The summed E-state index contributed by atoms with van der Waals surface area (Å²) in [4.78, 5) is 12.9. The highest BCUT2D eigenvalue weighted by Gasteiger charge is 2.59. The van der Waals surface area contributed by atoms with Crippen LogP contribution in [-0.2, 0) is 4.79 Å². The maximum absolute atomic E-state index is 12.9. The highest BCUT2D eigenvalue weighted by atomic mass is 16.3. The van der Waals surface area contributed by atoms with Crippen molar-refractivity contribution >= 4 is 5.78 Å². The maximum Gasteiger partial charge on any atom is 0.142 e. The minimum Gasteiger partial charge on any atom is -0.389 e. The first-order valence-corrected chi connectivity index (χ1v) is 8.53. The van der Waals surface area contributed by atoms with Gasteiger partial charge in [-0.05, 0) is 43.1 Å². The van der Waals surface area contributed by atoms with E-state index in [9.17, 15) is 9.90 Å². The van der Waals surface area contributed by atoms with Gasteiger partial charge in [0.2, 0.25) is 0 Å². The van der Waals surface area contributed by atoms with Gasteiger partial charge in [-0.15, -0.1) is 0 Å². The van der Waals surface area contributed by atoms with Crippen LogP contribution < -0.4 is 0 Å². The van der Waals surface area contributed by atoms with E-state index in [1.807, 2.05) is 6.07 Å². The largest absolute Gasteiger partial charge is 0.389 e. The van der Waals surface area contributed by atoms with E-state index in [0.717, 1.165) is 38.5 Å². The molecule has 0 aliphatic heterocycles. The van der Waals surface area contributed by atoms with Gasteiger partial charge < -0.3 is 5.11 Å². The fourth-order valence-corrected chi connectivity index (χ4v) is 5.49. The minimum atomic E-state index is -0.729. The number of rotatable bonds is 1. The van der Waals surface area contributed by atoms with Gasteiger partial charge in [0.15, 0.2) is 0 Å². The van der Waals surface area contributed by atoms with Crippen molar-refractivity contribution in [3.63, 3.8) is 0 Å². The normalized spacial score (nSPS) is 42.4. The highest BCUT2D eigenvalue weighted by Crippen LogP contribution is 2.57. The van der Waals surface area contributed by atoms with Crippen LogP contribution in [0.2, 0.25) is 0 Å². The molecule has 2 bridgehead atoms. The molecule has 112 valence electrons. The maximum atomic E-state index is 12.9. The Morgan fingerprint density at radius 1 is 1.00 bits per heavy atom. The van der Waals surface area contributed by atoms with Crippen molar-refractivity contribution in [3.05, 3.63) is 35.9 Å². The smallest absolute Gasteiger partial charge is 0.142 e. The zero-order valence-corrected chi connectivity index (χ0v) is 12.5. The third-order valence-electron chi connectivity index (χ3n) is 6.36. The first-order chi connectivity index (χ1) is 10.2. The number of Topliss-reactive ketones (excluding diaryl/α,β-unsaturated/α-hetero) is 1. The molecule has 0 spiro atoms. The van der Waals surface area contributed by atoms with Crippen LogP contribution in [0.1, 0.15) is 56.4 Å². The van der Waals surface area contributed by atoms with Crippen LogP contribution in [0.3, 0.4) is 0 Å². The summed E-state index contributed by atoms with van der Waals surface area (Å²) in [6, 6.07) is 10.5. The number of carbonyl (C=O) groups excluding carboxylic acids is 1. The molecule has 3 saturated carbocycles. The third-order valence-corrected chi connectivity index (χ3v) is 6.36. The van der Waals surface area contributed by atoms with Crippen molar-refractivity contribution in [1.82, 2.24) is 0 Å². The number of aliphatic hydroxyl groups is 1. The van der Waals surface area contributed by atoms with E-state index in [1.54, 1.807) is 0 Å². The zero-order chi connectivity index (χ0) is 14.4. The Labute approximate surface area is 126 Å². The number of fused-ring (bicyclic) bond motifs is 4. The molecule has 1 aromatic carbocycles. The fraction of sp³-hybridized carbons (Fsp3) is 0.632. The Kier molecular flexibility index (Phi) is 3.18. The standard InChI is InChI=1S/C19H24O2/c20-18-14-9-6-11-16(18)19(21)12-5-4-10-15(19)17(14)13-7-2-1-3-8-13/h1-3,7-8,14-17,21H,4-6,9-12H2/t14-,15-,16+,17-,19-/m0/s1. The van der Waals surface area contributed by atoms with Crippen LogP contribution in [0.4, 0.5) is 0 Å². The first kappa shape index (κ1) is 13.5. The number of benzene rings is 1. The summed E-state index contributed by atoms with van der Waals surface area (Å²) in [5.74, 6) is 0.939. The van der Waals surface area contributed by atoms with Gasteiger partial charge in [-0.25, -0.2) is 0 Å². The summed E-state index contributed by atoms with van der Waals surface area (Å²) in [6.45, 7) is 0. The zero-order valence-electron chi connectivity index (χ0n) is 12.5. The second kappa shape index (κ2) is 4.95. The van der Waals surface area contributed by atoms with E-state index in [2.05, 4.69) is 24.3 Å². The van der Waals surface area contributed by atoms with E-state index >= 15 is 0 Å². The molecular formula is C19H24O2. The SMILES string of the molecule is O=C1[C@H]2CCC[C@H]1[C@]1(O)CCCC[C@H]1[C@H]2c1ccccc1. The van der Waals surface area contributed by atoms with E-state index in [4.69, 9.17) is 0 Å². The average Bonchev–Trinajstić information content (AvgIpc) is 2.50. The summed E-state index contributed by atoms with van der Waals surface area (Å²) < 4.78 is 0. The van der Waals surface area contributed by atoms with Gasteiger partial charge >= 0.3 is 0 Å². The fourth-order valence-electron chi connectivity index (χ4n) is 5.49. The van der Waals surface area contributed by atoms with Crippen molar-refractivity contribution in [2.45, 2.75) is 56.5 Å². The Morgan fingerprint density at radius 2 is 1.81 bits per heavy atom. The first-order valence-electron chi connectivity index (χ1n) is 8.53. The molecule has 2 heteroatoms. The molecule has 0 unspecified atom stereocenters. The van der Waals surface area contributed by atoms with Crippen LogP contribution in [-0.4, -0.2) is 16.5 Å². The van der Waals surface area contributed by atoms with Crippen molar-refractivity contribution in [3.8, 4) is 0 Å². The molecule has 5 atom stereocenters. The lowest BCUT2D eigenvalue weighted by atomic mass is 9.49. The van der Waals surface area contributed by atoms with Crippen molar-refractivity contribution in [1.29, 1.82) is 0 Å². The topological polar surface area (TPSA) is 37.3 Å². The molecule has 0 saturated heterocycles. The third kappa shape index (κ3) is 1.92. The quantitative estimate of drug-likeness (QED) is 0.854. The summed E-state index contributed by atoms with van der Waals surface area (Å²) in [6.07, 6.45) is 7.19. The number of carbonyl (C=O) groups is 1. The molecule has 1 N–H and O–H groups in total. The van der Waals surface area contributed by atoms with Crippen molar-refractivity contribution in [2.75, 3.05) is 0 Å². The average molecular weight is 284 g/mol. The van der Waals surface area contributed by atoms with Crippen LogP contribution in [0.15, 0.2) is 30.3 Å². The van der Waals surface area contributed by atoms with Gasteiger partial charge in [0.1, 0.15) is 5.78 Å². The predicted molar refractivity (Wildman–Crippen MR) is 81.9 cm³/mol. The number of hydrogen-bond donors (Lipinski definition) is 1. The van der Waals surface area contributed by atoms with E-state index in [-0.39, 0.29) is 23.7 Å². The minimum absolute atomic E-state index is 0.0819. The summed E-state index contributed by atoms with van der Waals surface area (Å²) in [7, 11) is 0. The van der Waals surface area contributed by atoms with Gasteiger partial charge in [0, 0.05) is 11.8 Å². The van der Waals surface area contributed by atoms with Gasteiger partial charge in [0.25, 0.3) is 0 Å². The van der Waals surface area contributed by atoms with E-state index in [0.29, 0.717) is 5.78 Å². The van der Waals surface area contributed by atoms with Crippen molar-refractivity contribution in [2.24, 2.45) is 17.8 Å². The Hall–Kier alpha value is -1.15. The lowest BCUT2D eigenvalue weighted by molar-refractivity contribution is -0.172. The van der Waals surface area contributed by atoms with Crippen LogP contribution in [0.25, 0.3) is 0 Å². The van der Waals surface area contributed by atoms with E-state index < -0.39 is 5.60 Å². The molecule has 1 aromatic rings. The van der Waals surface area contributed by atoms with Crippen LogP contribution in [0, 0.1) is 17.8 Å². The predicted octanol–water partition coefficient (Wildman–Crippen LogP) is 3.69. The van der Waals surface area contributed by atoms with Crippen LogP contribution in [0.5, 0.6) is 0 Å². The second-order valence-corrected chi connectivity index (χ2v) is 7.27. The van der Waals surface area contributed by atoms with Gasteiger partial charge in [-0.3, -0.25) is 4.79 Å². The Morgan fingerprint density at radius 3 is 2.62 bits per heavy atom. The lowest BCUT2D eigenvalue weighted by Gasteiger charge is -2.56. The van der Waals surface area contributed by atoms with Crippen LogP contribution >= 0.6 is 0 Å². The molecule has 21 heavy (non-hydrogen) atoms. The molecule has 0 heterocycles. The summed E-state index contributed by atoms with van der Waals surface area (Å²) in [5, 5.41) is 11.4.